The Morgan fingerprint density at radius 3 is 2.76 bits per heavy atom. The monoisotopic (exact) mass is 310 g/mol. The van der Waals surface area contributed by atoms with Gasteiger partial charge < -0.3 is 5.73 Å². The number of hydrogen-bond donors (Lipinski definition) is 1. The minimum Gasteiger partial charge on any atom is -0.324 e. The molecule has 2 aromatic rings. The number of benzene rings is 1. The Balaban J connectivity index is 2.17. The van der Waals surface area contributed by atoms with Crippen LogP contribution in [0.25, 0.3) is 0 Å². The van der Waals surface area contributed by atoms with Crippen molar-refractivity contribution >= 4 is 27.3 Å². The van der Waals surface area contributed by atoms with Crippen molar-refractivity contribution in [3.8, 4) is 0 Å². The van der Waals surface area contributed by atoms with Gasteiger partial charge >= 0.3 is 0 Å². The van der Waals surface area contributed by atoms with E-state index in [1.54, 1.807) is 11.3 Å². The summed E-state index contributed by atoms with van der Waals surface area (Å²) in [7, 11) is 0. The maximum Gasteiger partial charge on any atom is 0.0897 e. The molecule has 0 fully saturated rings. The molecule has 0 saturated carbocycles. The second-order valence-electron chi connectivity index (χ2n) is 4.19. The number of hydrogen-bond acceptors (Lipinski definition) is 3. The Bertz CT molecular complexity index is 522. The highest BCUT2D eigenvalue weighted by molar-refractivity contribution is 9.10. The van der Waals surface area contributed by atoms with Crippen LogP contribution in [0, 0.1) is 13.8 Å². The van der Waals surface area contributed by atoms with Gasteiger partial charge in [-0.25, -0.2) is 4.98 Å². The Kier molecular flexibility index (Phi) is 3.97. The van der Waals surface area contributed by atoms with Gasteiger partial charge in [0.1, 0.15) is 0 Å². The molecule has 1 aromatic heterocycles. The van der Waals surface area contributed by atoms with E-state index in [4.69, 9.17) is 5.73 Å². The van der Waals surface area contributed by atoms with Crippen molar-refractivity contribution in [2.75, 3.05) is 0 Å². The lowest BCUT2D eigenvalue weighted by molar-refractivity contribution is 0.705. The van der Waals surface area contributed by atoms with Gasteiger partial charge in [0, 0.05) is 22.3 Å². The van der Waals surface area contributed by atoms with Crippen LogP contribution in [0.2, 0.25) is 0 Å². The van der Waals surface area contributed by atoms with Crippen molar-refractivity contribution in [3.05, 3.63) is 49.9 Å². The van der Waals surface area contributed by atoms with Gasteiger partial charge in [-0.1, -0.05) is 28.1 Å². The molecule has 4 heteroatoms. The molecular weight excluding hydrogens is 296 g/mol. The number of thiazole rings is 1. The molecule has 1 heterocycles. The van der Waals surface area contributed by atoms with Gasteiger partial charge in [-0.3, -0.25) is 0 Å². The first-order chi connectivity index (χ1) is 8.06. The molecule has 0 radical (unpaired) electrons. The largest absolute Gasteiger partial charge is 0.324 e. The van der Waals surface area contributed by atoms with Gasteiger partial charge in [-0.2, -0.15) is 0 Å². The normalized spacial score (nSPS) is 12.7. The second-order valence-corrected chi connectivity index (χ2v) is 6.11. The minimum absolute atomic E-state index is 0.00789. The quantitative estimate of drug-likeness (QED) is 0.937. The summed E-state index contributed by atoms with van der Waals surface area (Å²) in [6.45, 7) is 4.09. The fourth-order valence-electron chi connectivity index (χ4n) is 1.77. The average Bonchev–Trinajstić information content (AvgIpc) is 2.63. The first-order valence-corrected chi connectivity index (χ1v) is 7.16. The molecule has 1 atom stereocenters. The van der Waals surface area contributed by atoms with Gasteiger partial charge in [0.2, 0.25) is 0 Å². The number of aryl methyl sites for hydroxylation is 2. The van der Waals surface area contributed by atoms with Crippen LogP contribution in [0.4, 0.5) is 0 Å². The molecule has 1 unspecified atom stereocenters. The molecule has 0 bridgehead atoms. The van der Waals surface area contributed by atoms with Crippen molar-refractivity contribution in [1.82, 2.24) is 4.98 Å². The fraction of sp³-hybridized carbons (Fsp3) is 0.308. The lowest BCUT2D eigenvalue weighted by Gasteiger charge is -2.13. The van der Waals surface area contributed by atoms with Gasteiger partial charge in [0.15, 0.2) is 0 Å². The van der Waals surface area contributed by atoms with E-state index in [0.29, 0.717) is 0 Å². The van der Waals surface area contributed by atoms with E-state index in [9.17, 15) is 0 Å². The highest BCUT2D eigenvalue weighted by atomic mass is 79.9. The van der Waals surface area contributed by atoms with Crippen molar-refractivity contribution in [3.63, 3.8) is 0 Å². The van der Waals surface area contributed by atoms with Gasteiger partial charge in [0.05, 0.1) is 10.7 Å². The van der Waals surface area contributed by atoms with Crippen LogP contribution < -0.4 is 5.73 Å². The molecule has 0 spiro atoms. The van der Waals surface area contributed by atoms with Gasteiger partial charge in [0.25, 0.3) is 0 Å². The summed E-state index contributed by atoms with van der Waals surface area (Å²) in [4.78, 5) is 4.45. The molecular formula is C13H15BrN2S. The summed E-state index contributed by atoms with van der Waals surface area (Å²) >= 11 is 5.24. The second kappa shape index (κ2) is 5.29. The highest BCUT2D eigenvalue weighted by Gasteiger charge is 2.12. The Hall–Kier alpha value is -0.710. The highest BCUT2D eigenvalue weighted by Crippen LogP contribution is 2.25. The van der Waals surface area contributed by atoms with E-state index in [1.165, 1.54) is 5.56 Å². The van der Waals surface area contributed by atoms with Crippen LogP contribution in [-0.4, -0.2) is 4.98 Å². The summed E-state index contributed by atoms with van der Waals surface area (Å²) in [6.07, 6.45) is 0.784. The summed E-state index contributed by atoms with van der Waals surface area (Å²) in [5.41, 5.74) is 9.67. The lowest BCUT2D eigenvalue weighted by atomic mass is 10.0. The maximum absolute atomic E-state index is 6.22. The third-order valence-corrected chi connectivity index (χ3v) is 4.16. The molecule has 2 rings (SSSR count). The number of rotatable bonds is 3. The van der Waals surface area contributed by atoms with Crippen LogP contribution in [0.5, 0.6) is 0 Å². The maximum atomic E-state index is 6.22. The predicted molar refractivity (Wildman–Crippen MR) is 76.4 cm³/mol. The fourth-order valence-corrected chi connectivity index (χ4v) is 3.18. The molecule has 0 aliphatic rings. The number of halogens is 1. The Morgan fingerprint density at radius 1 is 1.41 bits per heavy atom. The molecule has 0 amide bonds. The van der Waals surface area contributed by atoms with E-state index in [1.807, 2.05) is 6.92 Å². The van der Waals surface area contributed by atoms with E-state index < -0.39 is 0 Å². The van der Waals surface area contributed by atoms with E-state index >= 15 is 0 Å². The molecule has 1 aromatic carbocycles. The first kappa shape index (κ1) is 12.7. The Morgan fingerprint density at radius 2 is 2.18 bits per heavy atom. The summed E-state index contributed by atoms with van der Waals surface area (Å²) in [5, 5.41) is 3.17. The van der Waals surface area contributed by atoms with Gasteiger partial charge in [-0.15, -0.1) is 11.3 Å². The molecule has 0 aliphatic heterocycles. The summed E-state index contributed by atoms with van der Waals surface area (Å²) < 4.78 is 1.08. The third-order valence-electron chi connectivity index (χ3n) is 2.65. The Labute approximate surface area is 114 Å². The number of aromatic nitrogens is 1. The van der Waals surface area contributed by atoms with Crippen LogP contribution >= 0.6 is 27.3 Å². The smallest absolute Gasteiger partial charge is 0.0897 e. The van der Waals surface area contributed by atoms with Crippen LogP contribution in [-0.2, 0) is 6.42 Å². The van der Waals surface area contributed by atoms with E-state index in [0.717, 1.165) is 27.2 Å². The number of nitrogens with two attached hydrogens (primary N) is 1. The minimum atomic E-state index is -0.00789. The molecule has 17 heavy (non-hydrogen) atoms. The molecule has 2 N–H and O–H groups in total. The molecule has 0 saturated heterocycles. The van der Waals surface area contributed by atoms with Crippen molar-refractivity contribution in [2.45, 2.75) is 26.3 Å². The number of nitrogens with zero attached hydrogens (tertiary/aromatic N) is 1. The molecule has 90 valence electrons. The van der Waals surface area contributed by atoms with Crippen molar-refractivity contribution < 1.29 is 0 Å². The van der Waals surface area contributed by atoms with Crippen LogP contribution in [0.3, 0.4) is 0 Å². The predicted octanol–water partition coefficient (Wildman–Crippen LogP) is 3.76. The van der Waals surface area contributed by atoms with E-state index in [-0.39, 0.29) is 6.04 Å². The SMILES string of the molecule is Cc1ccc(C(N)Cc2csc(C)n2)c(Br)c1. The molecule has 2 nitrogen and oxygen atoms in total. The molecule has 0 aliphatic carbocycles. The van der Waals surface area contributed by atoms with Crippen molar-refractivity contribution in [2.24, 2.45) is 5.73 Å². The average molecular weight is 311 g/mol. The zero-order valence-corrected chi connectivity index (χ0v) is 12.3. The van der Waals surface area contributed by atoms with Gasteiger partial charge in [-0.05, 0) is 31.0 Å². The summed E-state index contributed by atoms with van der Waals surface area (Å²) in [6, 6.07) is 6.27. The zero-order chi connectivity index (χ0) is 12.4. The zero-order valence-electron chi connectivity index (χ0n) is 9.90. The standard InChI is InChI=1S/C13H15BrN2S/c1-8-3-4-11(12(14)5-8)13(15)6-10-7-17-9(2)16-10/h3-5,7,13H,6,15H2,1-2H3. The first-order valence-electron chi connectivity index (χ1n) is 5.49. The van der Waals surface area contributed by atoms with Crippen LogP contribution in [0.15, 0.2) is 28.1 Å². The van der Waals surface area contributed by atoms with E-state index in [2.05, 4.69) is 51.4 Å². The summed E-state index contributed by atoms with van der Waals surface area (Å²) in [5.74, 6) is 0. The lowest BCUT2D eigenvalue weighted by Crippen LogP contribution is -2.14. The topological polar surface area (TPSA) is 38.9 Å². The van der Waals surface area contributed by atoms with Crippen LogP contribution in [0.1, 0.15) is 27.9 Å². The third kappa shape index (κ3) is 3.15. The van der Waals surface area contributed by atoms with Crippen molar-refractivity contribution in [1.29, 1.82) is 0 Å².